The van der Waals surface area contributed by atoms with Crippen LogP contribution in [0, 0.1) is 0 Å². The summed E-state index contributed by atoms with van der Waals surface area (Å²) >= 11 is 0. The maximum atomic E-state index is 8.98. The number of hydrogen-bond acceptors (Lipinski definition) is 5. The minimum atomic E-state index is -0.621. The van der Waals surface area contributed by atoms with Gasteiger partial charge in [-0.25, -0.2) is 0 Å². The molecule has 0 saturated carbocycles. The summed E-state index contributed by atoms with van der Waals surface area (Å²) in [6.45, 7) is 3.56. The highest BCUT2D eigenvalue weighted by Gasteiger charge is 2.53. The molecule has 2 aliphatic heterocycles. The smallest absolute Gasteiger partial charge is 0.164 e. The number of fused-ring (bicyclic) bond motifs is 1. The molecule has 2 saturated heterocycles. The molecule has 0 amide bonds. The van der Waals surface area contributed by atoms with Crippen LogP contribution in [0.25, 0.3) is 0 Å². The van der Waals surface area contributed by atoms with Gasteiger partial charge in [-0.15, -0.1) is 0 Å². The lowest BCUT2D eigenvalue weighted by molar-refractivity contribution is -0.189. The van der Waals surface area contributed by atoms with Crippen molar-refractivity contribution in [2.45, 2.75) is 44.2 Å². The fraction of sp³-hybridized carbons (Fsp3) is 1.00. The van der Waals surface area contributed by atoms with Crippen LogP contribution in [-0.2, 0) is 14.2 Å². The average Bonchev–Trinajstić information content (AvgIpc) is 2.47. The van der Waals surface area contributed by atoms with Crippen LogP contribution in [0.3, 0.4) is 0 Å². The quantitative estimate of drug-likeness (QED) is 0.564. The van der Waals surface area contributed by atoms with E-state index < -0.39 is 12.0 Å². The van der Waals surface area contributed by atoms with Gasteiger partial charge in [0.05, 0.1) is 6.61 Å². The number of hydrogen-bond donors (Lipinski definition) is 2. The largest absolute Gasteiger partial charge is 0.394 e. The fourth-order valence-electron chi connectivity index (χ4n) is 1.86. The highest BCUT2D eigenvalue weighted by atomic mass is 16.8. The summed E-state index contributed by atoms with van der Waals surface area (Å²) in [6.07, 6.45) is -1.35. The van der Waals surface area contributed by atoms with Crippen LogP contribution in [-0.4, -0.2) is 42.0 Å². The van der Waals surface area contributed by atoms with Crippen LogP contribution >= 0.6 is 0 Å². The van der Waals surface area contributed by atoms with Gasteiger partial charge in [-0.3, -0.25) is 0 Å². The van der Waals surface area contributed by atoms with Crippen molar-refractivity contribution in [1.82, 2.24) is 0 Å². The van der Waals surface area contributed by atoms with Crippen LogP contribution in [0.15, 0.2) is 0 Å². The Morgan fingerprint density at radius 1 is 1.31 bits per heavy atom. The van der Waals surface area contributed by atoms with Crippen molar-refractivity contribution in [3.8, 4) is 0 Å². The van der Waals surface area contributed by atoms with E-state index in [0.717, 1.165) is 0 Å². The minimum absolute atomic E-state index is 0.0890. The van der Waals surface area contributed by atoms with Crippen molar-refractivity contribution in [2.24, 2.45) is 5.73 Å². The van der Waals surface area contributed by atoms with Gasteiger partial charge in [0.15, 0.2) is 5.79 Å². The summed E-state index contributed by atoms with van der Waals surface area (Å²) in [7, 11) is 0. The Balaban J connectivity index is 2.12. The summed E-state index contributed by atoms with van der Waals surface area (Å²) in [6, 6.07) is 0. The van der Waals surface area contributed by atoms with E-state index in [2.05, 4.69) is 0 Å². The van der Waals surface area contributed by atoms with Gasteiger partial charge in [-0.1, -0.05) is 0 Å². The van der Waals surface area contributed by atoms with E-state index in [0.29, 0.717) is 0 Å². The van der Waals surface area contributed by atoms with Crippen LogP contribution < -0.4 is 5.73 Å². The lowest BCUT2D eigenvalue weighted by Crippen LogP contribution is -2.35. The molecule has 0 aromatic carbocycles. The van der Waals surface area contributed by atoms with Gasteiger partial charge in [-0.2, -0.15) is 0 Å². The second kappa shape index (κ2) is 2.90. The van der Waals surface area contributed by atoms with E-state index in [-0.39, 0.29) is 24.9 Å². The summed E-state index contributed by atoms with van der Waals surface area (Å²) < 4.78 is 16.3. The summed E-state index contributed by atoms with van der Waals surface area (Å²) in [4.78, 5) is 0. The van der Waals surface area contributed by atoms with Crippen molar-refractivity contribution >= 4 is 0 Å². The maximum absolute atomic E-state index is 8.98. The standard InChI is InChI=1S/C8H15NO4/c1-8(2)12-5-4(3-10)11-7(9)6(5)13-8/h4-7,10H,3,9H2,1-2H3/t4?,5-,6-,7?/m1/s1. The first kappa shape index (κ1) is 9.36. The summed E-state index contributed by atoms with van der Waals surface area (Å²) in [5.41, 5.74) is 5.67. The molecule has 5 heteroatoms. The zero-order valence-electron chi connectivity index (χ0n) is 7.77. The Morgan fingerprint density at radius 3 is 2.54 bits per heavy atom. The first-order valence-corrected chi connectivity index (χ1v) is 4.41. The Bertz CT molecular complexity index is 208. The number of aliphatic hydroxyl groups excluding tert-OH is 1. The van der Waals surface area contributed by atoms with Crippen LogP contribution in [0.4, 0.5) is 0 Å². The SMILES string of the molecule is CC1(C)O[C@@H]2C(CO)OC(N)[C@@H]2O1. The van der Waals surface area contributed by atoms with Crippen LogP contribution in [0.1, 0.15) is 13.8 Å². The van der Waals surface area contributed by atoms with Crippen molar-refractivity contribution in [3.63, 3.8) is 0 Å². The molecule has 0 bridgehead atoms. The Kier molecular flexibility index (Phi) is 2.08. The van der Waals surface area contributed by atoms with E-state index >= 15 is 0 Å². The van der Waals surface area contributed by atoms with Crippen molar-refractivity contribution in [2.75, 3.05) is 6.61 Å². The molecule has 4 atom stereocenters. The molecular weight excluding hydrogens is 174 g/mol. The number of ether oxygens (including phenoxy) is 3. The molecule has 2 aliphatic rings. The molecule has 5 nitrogen and oxygen atoms in total. The van der Waals surface area contributed by atoms with E-state index in [1.54, 1.807) is 0 Å². The summed E-state index contributed by atoms with van der Waals surface area (Å²) in [5.74, 6) is -0.621. The molecule has 0 aromatic heterocycles. The molecule has 2 heterocycles. The van der Waals surface area contributed by atoms with Crippen molar-refractivity contribution in [1.29, 1.82) is 0 Å². The second-order valence-electron chi connectivity index (χ2n) is 3.89. The number of aliphatic hydroxyl groups is 1. The van der Waals surface area contributed by atoms with E-state index in [1.165, 1.54) is 0 Å². The molecule has 3 N–H and O–H groups in total. The van der Waals surface area contributed by atoms with Crippen molar-refractivity contribution in [3.05, 3.63) is 0 Å². The normalized spacial score (nSPS) is 48.0. The predicted molar refractivity (Wildman–Crippen MR) is 43.8 cm³/mol. The van der Waals surface area contributed by atoms with Gasteiger partial charge in [0, 0.05) is 0 Å². The summed E-state index contributed by atoms with van der Waals surface area (Å²) in [5, 5.41) is 8.98. The third-order valence-electron chi connectivity index (χ3n) is 2.37. The molecule has 0 aromatic rings. The zero-order valence-corrected chi connectivity index (χ0v) is 7.77. The number of rotatable bonds is 1. The Labute approximate surface area is 76.8 Å². The average molecular weight is 189 g/mol. The van der Waals surface area contributed by atoms with Gasteiger partial charge in [0.2, 0.25) is 0 Å². The monoisotopic (exact) mass is 189 g/mol. The minimum Gasteiger partial charge on any atom is -0.394 e. The highest BCUT2D eigenvalue weighted by Crippen LogP contribution is 2.36. The fourth-order valence-corrected chi connectivity index (χ4v) is 1.86. The van der Waals surface area contributed by atoms with Gasteiger partial charge >= 0.3 is 0 Å². The first-order valence-electron chi connectivity index (χ1n) is 4.41. The molecule has 13 heavy (non-hydrogen) atoms. The topological polar surface area (TPSA) is 73.9 Å². The van der Waals surface area contributed by atoms with Gasteiger partial charge < -0.3 is 25.1 Å². The third-order valence-corrected chi connectivity index (χ3v) is 2.37. The number of nitrogens with two attached hydrogens (primary N) is 1. The third kappa shape index (κ3) is 1.47. The van der Waals surface area contributed by atoms with E-state index in [9.17, 15) is 0 Å². The first-order chi connectivity index (χ1) is 6.03. The Morgan fingerprint density at radius 2 is 1.92 bits per heavy atom. The highest BCUT2D eigenvalue weighted by molar-refractivity contribution is 4.95. The molecule has 2 rings (SSSR count). The van der Waals surface area contributed by atoms with Crippen LogP contribution in [0.5, 0.6) is 0 Å². The van der Waals surface area contributed by atoms with Gasteiger partial charge in [0.25, 0.3) is 0 Å². The maximum Gasteiger partial charge on any atom is 0.164 e. The second-order valence-corrected chi connectivity index (χ2v) is 3.89. The predicted octanol–water partition coefficient (Wildman–Crippen LogP) is -0.818. The van der Waals surface area contributed by atoms with Crippen molar-refractivity contribution < 1.29 is 19.3 Å². The molecule has 0 aliphatic carbocycles. The van der Waals surface area contributed by atoms with Gasteiger partial charge in [-0.05, 0) is 13.8 Å². The lowest BCUT2D eigenvalue weighted by Gasteiger charge is -2.21. The molecule has 2 unspecified atom stereocenters. The Hall–Kier alpha value is -0.200. The molecule has 0 radical (unpaired) electrons. The van der Waals surface area contributed by atoms with E-state index in [1.807, 2.05) is 13.8 Å². The van der Waals surface area contributed by atoms with E-state index in [4.69, 9.17) is 25.1 Å². The molecule has 0 spiro atoms. The molecule has 76 valence electrons. The zero-order chi connectivity index (χ0) is 9.64. The molecular formula is C8H15NO4. The molecule has 2 fully saturated rings. The van der Waals surface area contributed by atoms with Crippen LogP contribution in [0.2, 0.25) is 0 Å². The van der Waals surface area contributed by atoms with Gasteiger partial charge in [0.1, 0.15) is 24.5 Å². The lowest BCUT2D eigenvalue weighted by atomic mass is 10.1.